The Morgan fingerprint density at radius 1 is 1.35 bits per heavy atom. The molecule has 1 aliphatic heterocycles. The molecule has 0 aromatic heterocycles. The van der Waals surface area contributed by atoms with Gasteiger partial charge < -0.3 is 15.0 Å². The molecular formula is C15H22FN2O2+. The molecule has 20 heavy (non-hydrogen) atoms. The van der Waals surface area contributed by atoms with Crippen LogP contribution in [0.5, 0.6) is 0 Å². The summed E-state index contributed by atoms with van der Waals surface area (Å²) < 4.78 is 19.1. The number of quaternary nitrogens is 1. The second kappa shape index (κ2) is 6.81. The van der Waals surface area contributed by atoms with E-state index < -0.39 is 0 Å². The number of hydrogen-bond donors (Lipinski definition) is 2. The quantitative estimate of drug-likeness (QED) is 0.824. The molecule has 1 aliphatic rings. The van der Waals surface area contributed by atoms with Crippen molar-refractivity contribution in [2.45, 2.75) is 32.6 Å². The Morgan fingerprint density at radius 2 is 2.00 bits per heavy atom. The van der Waals surface area contributed by atoms with Gasteiger partial charge >= 0.3 is 0 Å². The molecule has 110 valence electrons. The van der Waals surface area contributed by atoms with Gasteiger partial charge in [0.1, 0.15) is 31.1 Å². The highest BCUT2D eigenvalue weighted by Crippen LogP contribution is 2.05. The highest BCUT2D eigenvalue weighted by atomic mass is 19.1. The third kappa shape index (κ3) is 4.28. The predicted molar refractivity (Wildman–Crippen MR) is 73.8 cm³/mol. The summed E-state index contributed by atoms with van der Waals surface area (Å²) in [6, 6.07) is 6.49. The van der Waals surface area contributed by atoms with E-state index in [2.05, 4.69) is 5.32 Å². The molecule has 4 nitrogen and oxygen atoms in total. The maximum absolute atomic E-state index is 13.4. The summed E-state index contributed by atoms with van der Waals surface area (Å²) in [5, 5.41) is 2.78. The average molecular weight is 281 g/mol. The minimum atomic E-state index is -0.284. The monoisotopic (exact) mass is 281 g/mol. The summed E-state index contributed by atoms with van der Waals surface area (Å²) >= 11 is 0. The first kappa shape index (κ1) is 14.9. The Kier molecular flexibility index (Phi) is 5.09. The summed E-state index contributed by atoms with van der Waals surface area (Å²) in [5.41, 5.74) is 0.513. The average Bonchev–Trinajstić information content (AvgIpc) is 2.36. The number of rotatable bonds is 4. The van der Waals surface area contributed by atoms with Crippen LogP contribution >= 0.6 is 0 Å². The van der Waals surface area contributed by atoms with Crippen LogP contribution in [0.25, 0.3) is 0 Å². The Labute approximate surface area is 118 Å². The van der Waals surface area contributed by atoms with Crippen molar-refractivity contribution < 1.29 is 18.8 Å². The minimum absolute atomic E-state index is 0.0513. The fourth-order valence-electron chi connectivity index (χ4n) is 2.66. The summed E-state index contributed by atoms with van der Waals surface area (Å²) in [5.74, 6) is -0.335. The fourth-order valence-corrected chi connectivity index (χ4v) is 2.66. The van der Waals surface area contributed by atoms with E-state index in [0.29, 0.717) is 12.1 Å². The number of carbonyl (C=O) groups is 1. The van der Waals surface area contributed by atoms with Crippen molar-refractivity contribution in [3.63, 3.8) is 0 Å². The molecule has 0 radical (unpaired) electrons. The van der Waals surface area contributed by atoms with Crippen LogP contribution in [0, 0.1) is 5.82 Å². The van der Waals surface area contributed by atoms with Gasteiger partial charge in [-0.25, -0.2) is 4.39 Å². The van der Waals surface area contributed by atoms with Crippen LogP contribution in [0.1, 0.15) is 19.4 Å². The van der Waals surface area contributed by atoms with Crippen molar-refractivity contribution in [1.29, 1.82) is 0 Å². The van der Waals surface area contributed by atoms with Gasteiger partial charge in [0.15, 0.2) is 6.54 Å². The number of nitrogens with one attached hydrogen (secondary N) is 2. The molecule has 5 heteroatoms. The van der Waals surface area contributed by atoms with Crippen LogP contribution in [0.3, 0.4) is 0 Å². The molecule has 2 atom stereocenters. The van der Waals surface area contributed by atoms with Crippen LogP contribution < -0.4 is 10.2 Å². The Bertz CT molecular complexity index is 457. The normalized spacial score (nSPS) is 26.2. The lowest BCUT2D eigenvalue weighted by molar-refractivity contribution is -0.907. The molecule has 2 N–H and O–H groups in total. The van der Waals surface area contributed by atoms with Gasteiger partial charge in [-0.15, -0.1) is 0 Å². The highest BCUT2D eigenvalue weighted by molar-refractivity contribution is 5.76. The van der Waals surface area contributed by atoms with Gasteiger partial charge in [0.05, 0.1) is 0 Å². The van der Waals surface area contributed by atoms with E-state index >= 15 is 0 Å². The summed E-state index contributed by atoms with van der Waals surface area (Å²) in [6.07, 6.45) is 0.348. The molecule has 1 heterocycles. The number of ether oxygens (including phenoxy) is 1. The largest absolute Gasteiger partial charge is 0.364 e. The highest BCUT2D eigenvalue weighted by Gasteiger charge is 2.26. The molecule has 0 saturated carbocycles. The van der Waals surface area contributed by atoms with E-state index in [9.17, 15) is 9.18 Å². The molecule has 0 aliphatic carbocycles. The van der Waals surface area contributed by atoms with Gasteiger partial charge in [-0.1, -0.05) is 18.2 Å². The molecule has 1 aromatic carbocycles. The number of carbonyl (C=O) groups excluding carboxylic acids is 1. The summed E-state index contributed by atoms with van der Waals surface area (Å²) in [7, 11) is 0. The van der Waals surface area contributed by atoms with Crippen molar-refractivity contribution >= 4 is 5.91 Å². The van der Waals surface area contributed by atoms with E-state index in [-0.39, 0.29) is 30.5 Å². The molecule has 1 fully saturated rings. The van der Waals surface area contributed by atoms with Crippen LogP contribution in [-0.2, 0) is 16.1 Å². The van der Waals surface area contributed by atoms with Gasteiger partial charge in [-0.05, 0) is 19.9 Å². The van der Waals surface area contributed by atoms with Crippen LogP contribution in [0.2, 0.25) is 0 Å². The first-order valence-corrected chi connectivity index (χ1v) is 7.03. The zero-order valence-electron chi connectivity index (χ0n) is 12.0. The maximum Gasteiger partial charge on any atom is 0.275 e. The zero-order valence-corrected chi connectivity index (χ0v) is 12.0. The second-order valence-electron chi connectivity index (χ2n) is 5.46. The van der Waals surface area contributed by atoms with Gasteiger partial charge in [0, 0.05) is 12.1 Å². The molecule has 0 spiro atoms. The lowest BCUT2D eigenvalue weighted by Crippen LogP contribution is -3.16. The number of hydrogen-bond acceptors (Lipinski definition) is 2. The van der Waals surface area contributed by atoms with Gasteiger partial charge in [-0.3, -0.25) is 4.79 Å². The lowest BCUT2D eigenvalue weighted by atomic mass is 10.2. The zero-order chi connectivity index (χ0) is 14.5. The fraction of sp³-hybridized carbons (Fsp3) is 0.533. The predicted octanol–water partition coefficient (Wildman–Crippen LogP) is 0.134. The van der Waals surface area contributed by atoms with E-state index in [4.69, 9.17) is 4.74 Å². The van der Waals surface area contributed by atoms with Crippen molar-refractivity contribution in [2.24, 2.45) is 0 Å². The molecular weight excluding hydrogens is 259 g/mol. The Hall–Kier alpha value is -1.46. The van der Waals surface area contributed by atoms with Crippen molar-refractivity contribution in [3.8, 4) is 0 Å². The van der Waals surface area contributed by atoms with Crippen molar-refractivity contribution in [3.05, 3.63) is 35.6 Å². The smallest absolute Gasteiger partial charge is 0.275 e. The topological polar surface area (TPSA) is 42.8 Å². The van der Waals surface area contributed by atoms with Crippen molar-refractivity contribution in [2.75, 3.05) is 19.6 Å². The molecule has 1 saturated heterocycles. The number of halogens is 1. The maximum atomic E-state index is 13.4. The Balaban J connectivity index is 1.79. The van der Waals surface area contributed by atoms with E-state index in [1.54, 1.807) is 18.2 Å². The standard InChI is InChI=1S/C15H21FN2O2/c1-11-8-18(9-12(2)20-11)10-15(19)17-7-13-5-3-4-6-14(13)16/h3-6,11-12H,7-10H2,1-2H3,(H,17,19)/p+1/t11-,12-/m1/s1. The minimum Gasteiger partial charge on any atom is -0.364 e. The molecule has 0 bridgehead atoms. The van der Waals surface area contributed by atoms with E-state index in [1.165, 1.54) is 11.0 Å². The van der Waals surface area contributed by atoms with Crippen LogP contribution in [-0.4, -0.2) is 37.7 Å². The Morgan fingerprint density at radius 3 is 2.65 bits per heavy atom. The van der Waals surface area contributed by atoms with Gasteiger partial charge in [0.2, 0.25) is 0 Å². The molecule has 1 aromatic rings. The van der Waals surface area contributed by atoms with E-state index in [0.717, 1.165) is 13.1 Å². The summed E-state index contributed by atoms with van der Waals surface area (Å²) in [4.78, 5) is 13.1. The SMILES string of the molecule is C[C@@H]1C[NH+](CC(=O)NCc2ccccc2F)C[C@@H](C)O1. The first-order valence-electron chi connectivity index (χ1n) is 7.03. The number of morpholine rings is 1. The summed E-state index contributed by atoms with van der Waals surface area (Å²) in [6.45, 7) is 6.35. The first-order chi connectivity index (χ1) is 9.54. The third-order valence-corrected chi connectivity index (χ3v) is 3.46. The van der Waals surface area contributed by atoms with Crippen molar-refractivity contribution in [1.82, 2.24) is 5.32 Å². The van der Waals surface area contributed by atoms with Crippen LogP contribution in [0.4, 0.5) is 4.39 Å². The third-order valence-electron chi connectivity index (χ3n) is 3.46. The molecule has 0 unspecified atom stereocenters. The molecule has 2 rings (SSSR count). The second-order valence-corrected chi connectivity index (χ2v) is 5.46. The van der Waals surface area contributed by atoms with Gasteiger partial charge in [0.25, 0.3) is 5.91 Å². The number of amides is 1. The van der Waals surface area contributed by atoms with Crippen LogP contribution in [0.15, 0.2) is 24.3 Å². The van der Waals surface area contributed by atoms with Gasteiger partial charge in [-0.2, -0.15) is 0 Å². The number of benzene rings is 1. The van der Waals surface area contributed by atoms with E-state index in [1.807, 2.05) is 13.8 Å². The molecule has 1 amide bonds. The lowest BCUT2D eigenvalue weighted by Gasteiger charge is -2.31.